The van der Waals surface area contributed by atoms with Gasteiger partial charge in [-0.05, 0) is 12.8 Å². The summed E-state index contributed by atoms with van der Waals surface area (Å²) in [4.78, 5) is 28.2. The third-order valence-corrected chi connectivity index (χ3v) is 10.2. The molecule has 264 valence electrons. The Labute approximate surface area is 274 Å². The van der Waals surface area contributed by atoms with Gasteiger partial charge in [-0.3, -0.25) is 9.36 Å². The fourth-order valence-corrected chi connectivity index (χ4v) is 7.06. The lowest BCUT2D eigenvalue weighted by atomic mass is 10.0. The van der Waals surface area contributed by atoms with Gasteiger partial charge >= 0.3 is 13.6 Å². The first-order chi connectivity index (χ1) is 21.4. The Hall–Kier alpha value is -0.380. The number of carboxylic acids is 1. The first-order valence-corrected chi connectivity index (χ1v) is 21.5. The standard InChI is InChI=1S/C38H77O5P/c39-38(40)36-34-32-30-28-26-24-22-20-18-16-14-12-10-8-6-4-2-1-3-5-7-9-11-13-15-17-19-21-23-25-27-29-31-33-35-37-44(41,42)43/h1-37H2,(H,39,40)(H2,41,42,43). The minimum Gasteiger partial charge on any atom is -0.481 e. The Morgan fingerprint density at radius 2 is 0.477 bits per heavy atom. The van der Waals surface area contributed by atoms with E-state index in [0.29, 0.717) is 12.8 Å². The van der Waals surface area contributed by atoms with Crippen LogP contribution in [-0.4, -0.2) is 27.0 Å². The van der Waals surface area contributed by atoms with Crippen molar-refractivity contribution in [2.75, 3.05) is 6.16 Å². The molecule has 0 atom stereocenters. The van der Waals surface area contributed by atoms with Gasteiger partial charge in [0.15, 0.2) is 0 Å². The topological polar surface area (TPSA) is 94.8 Å². The molecule has 6 heteroatoms. The van der Waals surface area contributed by atoms with Crippen LogP contribution in [0.5, 0.6) is 0 Å². The molecule has 3 N–H and O–H groups in total. The second-order valence-corrected chi connectivity index (χ2v) is 15.7. The molecule has 0 fully saturated rings. The Morgan fingerprint density at radius 1 is 0.318 bits per heavy atom. The number of hydrogen-bond donors (Lipinski definition) is 3. The molecule has 0 aromatic carbocycles. The molecule has 0 unspecified atom stereocenters. The van der Waals surface area contributed by atoms with Crippen LogP contribution in [0.2, 0.25) is 0 Å². The number of hydrogen-bond acceptors (Lipinski definition) is 2. The predicted molar refractivity (Wildman–Crippen MR) is 191 cm³/mol. The molecule has 0 heterocycles. The summed E-state index contributed by atoms with van der Waals surface area (Å²) >= 11 is 0. The molecule has 0 amide bonds. The number of rotatable bonds is 38. The first kappa shape index (κ1) is 43.6. The van der Waals surface area contributed by atoms with E-state index in [9.17, 15) is 9.36 Å². The fourth-order valence-electron chi connectivity index (χ4n) is 6.43. The maximum atomic E-state index is 10.8. The van der Waals surface area contributed by atoms with Gasteiger partial charge in [-0.1, -0.05) is 212 Å². The summed E-state index contributed by atoms with van der Waals surface area (Å²) in [6, 6.07) is 0. The van der Waals surface area contributed by atoms with Gasteiger partial charge in [0.25, 0.3) is 0 Å². The van der Waals surface area contributed by atoms with Gasteiger partial charge in [0.1, 0.15) is 0 Å². The molecule has 0 aromatic rings. The van der Waals surface area contributed by atoms with Crippen molar-refractivity contribution in [3.63, 3.8) is 0 Å². The van der Waals surface area contributed by atoms with Crippen LogP contribution >= 0.6 is 7.60 Å². The van der Waals surface area contributed by atoms with E-state index in [1.807, 2.05) is 0 Å². The van der Waals surface area contributed by atoms with Crippen LogP contribution in [0.4, 0.5) is 0 Å². The summed E-state index contributed by atoms with van der Waals surface area (Å²) in [5.41, 5.74) is 0. The Balaban J connectivity index is 3.06. The van der Waals surface area contributed by atoms with Crippen molar-refractivity contribution in [3.8, 4) is 0 Å². The lowest BCUT2D eigenvalue weighted by Gasteiger charge is -2.05. The van der Waals surface area contributed by atoms with Crippen molar-refractivity contribution in [1.29, 1.82) is 0 Å². The molecule has 0 aliphatic heterocycles. The molecule has 0 bridgehead atoms. The molecular weight excluding hydrogens is 567 g/mol. The largest absolute Gasteiger partial charge is 0.481 e. The second kappa shape index (κ2) is 35.5. The van der Waals surface area contributed by atoms with Crippen molar-refractivity contribution in [2.24, 2.45) is 0 Å². The van der Waals surface area contributed by atoms with Gasteiger partial charge in [0.05, 0.1) is 0 Å². The average molecular weight is 645 g/mol. The minimum atomic E-state index is -3.78. The number of carbonyl (C=O) groups is 1. The Morgan fingerprint density at radius 3 is 0.636 bits per heavy atom. The van der Waals surface area contributed by atoms with E-state index in [4.69, 9.17) is 14.9 Å². The zero-order valence-electron chi connectivity index (χ0n) is 29.3. The van der Waals surface area contributed by atoms with Crippen molar-refractivity contribution in [1.82, 2.24) is 0 Å². The van der Waals surface area contributed by atoms with Gasteiger partial charge in [-0.15, -0.1) is 0 Å². The number of unbranched alkanes of at least 4 members (excludes halogenated alkanes) is 34. The smallest absolute Gasteiger partial charge is 0.325 e. The van der Waals surface area contributed by atoms with Gasteiger partial charge in [-0.25, -0.2) is 0 Å². The zero-order chi connectivity index (χ0) is 32.2. The molecule has 44 heavy (non-hydrogen) atoms. The van der Waals surface area contributed by atoms with E-state index in [-0.39, 0.29) is 6.16 Å². The van der Waals surface area contributed by atoms with Crippen LogP contribution in [0.25, 0.3) is 0 Å². The van der Waals surface area contributed by atoms with E-state index in [0.717, 1.165) is 25.7 Å². The van der Waals surface area contributed by atoms with E-state index in [1.165, 1.54) is 193 Å². The molecule has 0 spiro atoms. The SMILES string of the molecule is O=C(O)CCCCCCCCCCCCCCCCCCCCCCCCCCCCCCCCCCCCCP(=O)(O)O. The maximum Gasteiger partial charge on any atom is 0.325 e. The number of carboxylic acid groups (broad SMARTS) is 1. The van der Waals surface area contributed by atoms with Crippen molar-refractivity contribution in [2.45, 2.75) is 231 Å². The van der Waals surface area contributed by atoms with Crippen molar-refractivity contribution in [3.05, 3.63) is 0 Å². The summed E-state index contributed by atoms with van der Waals surface area (Å²) in [6.07, 6.45) is 46.8. The van der Waals surface area contributed by atoms with Gasteiger partial charge in [-0.2, -0.15) is 0 Å². The highest BCUT2D eigenvalue weighted by Crippen LogP contribution is 2.35. The van der Waals surface area contributed by atoms with Gasteiger partial charge < -0.3 is 14.9 Å². The van der Waals surface area contributed by atoms with Crippen LogP contribution in [0.1, 0.15) is 231 Å². The minimum absolute atomic E-state index is 0.0558. The molecule has 5 nitrogen and oxygen atoms in total. The summed E-state index contributed by atoms with van der Waals surface area (Å²) in [5, 5.41) is 8.64. The lowest BCUT2D eigenvalue weighted by molar-refractivity contribution is -0.137. The highest BCUT2D eigenvalue weighted by molar-refractivity contribution is 7.51. The van der Waals surface area contributed by atoms with Crippen LogP contribution in [0, 0.1) is 0 Å². The Bertz CT molecular complexity index is 620. The first-order valence-electron chi connectivity index (χ1n) is 19.7. The summed E-state index contributed by atoms with van der Waals surface area (Å²) in [7, 11) is -3.78. The molecule has 0 aromatic heterocycles. The van der Waals surface area contributed by atoms with Gasteiger partial charge in [0.2, 0.25) is 0 Å². The summed E-state index contributed by atoms with van der Waals surface area (Å²) in [5.74, 6) is -0.655. The summed E-state index contributed by atoms with van der Waals surface area (Å²) < 4.78 is 10.8. The summed E-state index contributed by atoms with van der Waals surface area (Å²) in [6.45, 7) is 0. The van der Waals surface area contributed by atoms with Gasteiger partial charge in [0, 0.05) is 12.6 Å². The van der Waals surface area contributed by atoms with Crippen LogP contribution in [0.3, 0.4) is 0 Å². The molecule has 0 saturated carbocycles. The highest BCUT2D eigenvalue weighted by atomic mass is 31.2. The fraction of sp³-hybridized carbons (Fsp3) is 0.974. The molecule has 0 saturated heterocycles. The van der Waals surface area contributed by atoms with E-state index in [1.54, 1.807) is 0 Å². The molecule has 0 rings (SSSR count). The zero-order valence-corrected chi connectivity index (χ0v) is 30.2. The molecular formula is C38H77O5P. The van der Waals surface area contributed by atoms with Crippen molar-refractivity contribution >= 4 is 13.6 Å². The monoisotopic (exact) mass is 645 g/mol. The molecule has 0 aliphatic rings. The highest BCUT2D eigenvalue weighted by Gasteiger charge is 2.10. The van der Waals surface area contributed by atoms with E-state index >= 15 is 0 Å². The third-order valence-electron chi connectivity index (χ3n) is 9.34. The average Bonchev–Trinajstić information content (AvgIpc) is 2.98. The second-order valence-electron chi connectivity index (χ2n) is 13.9. The third kappa shape index (κ3) is 41.6. The van der Waals surface area contributed by atoms with Crippen LogP contribution in [-0.2, 0) is 9.36 Å². The lowest BCUT2D eigenvalue weighted by Crippen LogP contribution is -1.93. The predicted octanol–water partition coefficient (Wildman–Crippen LogP) is 13.3. The molecule has 0 radical (unpaired) electrons. The van der Waals surface area contributed by atoms with E-state index < -0.39 is 13.6 Å². The van der Waals surface area contributed by atoms with Crippen LogP contribution < -0.4 is 0 Å². The molecule has 0 aliphatic carbocycles. The maximum absolute atomic E-state index is 10.8. The quantitative estimate of drug-likeness (QED) is 0.0459. The van der Waals surface area contributed by atoms with Crippen molar-refractivity contribution < 1.29 is 24.3 Å². The normalized spacial score (nSPS) is 11.9. The number of aliphatic carboxylic acids is 1. The Kier molecular flexibility index (Phi) is 35.2. The van der Waals surface area contributed by atoms with Crippen LogP contribution in [0.15, 0.2) is 0 Å². The van der Waals surface area contributed by atoms with E-state index in [2.05, 4.69) is 0 Å².